The van der Waals surface area contributed by atoms with E-state index in [0.717, 1.165) is 24.3 Å². The molecule has 2 heterocycles. The van der Waals surface area contributed by atoms with E-state index in [1.165, 1.54) is 24.3 Å². The zero-order chi connectivity index (χ0) is 24.8. The molecule has 0 bridgehead atoms. The molecular formula is C27H28FN3O4. The molecular weight excluding hydrogens is 449 g/mol. The molecule has 0 radical (unpaired) electrons. The van der Waals surface area contributed by atoms with Gasteiger partial charge < -0.3 is 14.8 Å². The zero-order valence-electron chi connectivity index (χ0n) is 19.7. The summed E-state index contributed by atoms with van der Waals surface area (Å²) >= 11 is 0. The SMILES string of the molecule is CC(COC(=O)N1CCCc2nc(C(C)NC(=O)c3ccc(F)cc3)ccc21)Oc1ccccc1. The quantitative estimate of drug-likeness (QED) is 0.514. The lowest BCUT2D eigenvalue weighted by Crippen LogP contribution is -2.38. The van der Waals surface area contributed by atoms with E-state index < -0.39 is 11.9 Å². The molecule has 4 rings (SSSR count). The van der Waals surface area contributed by atoms with Crippen LogP contribution in [0.5, 0.6) is 5.75 Å². The summed E-state index contributed by atoms with van der Waals surface area (Å²) in [5, 5.41) is 2.88. The van der Waals surface area contributed by atoms with E-state index in [-0.39, 0.29) is 24.7 Å². The third-order valence-corrected chi connectivity index (χ3v) is 5.70. The first kappa shape index (κ1) is 24.2. The van der Waals surface area contributed by atoms with Gasteiger partial charge in [0.05, 0.1) is 23.1 Å². The Morgan fingerprint density at radius 2 is 1.80 bits per heavy atom. The molecule has 0 saturated carbocycles. The number of rotatable bonds is 7. The van der Waals surface area contributed by atoms with Crippen molar-refractivity contribution in [3.05, 3.63) is 89.5 Å². The maximum atomic E-state index is 13.1. The number of ether oxygens (including phenoxy) is 2. The Labute approximate surface area is 203 Å². The Balaban J connectivity index is 1.37. The minimum atomic E-state index is -0.443. The van der Waals surface area contributed by atoms with E-state index in [1.54, 1.807) is 11.0 Å². The third kappa shape index (κ3) is 6.15. The number of amides is 2. The summed E-state index contributed by atoms with van der Waals surface area (Å²) < 4.78 is 24.4. The molecule has 0 spiro atoms. The van der Waals surface area contributed by atoms with Crippen LogP contribution < -0.4 is 15.0 Å². The van der Waals surface area contributed by atoms with Crippen molar-refractivity contribution in [3.8, 4) is 5.75 Å². The van der Waals surface area contributed by atoms with Crippen LogP contribution in [0, 0.1) is 5.82 Å². The molecule has 8 heteroatoms. The molecule has 35 heavy (non-hydrogen) atoms. The fourth-order valence-electron chi connectivity index (χ4n) is 3.88. The number of halogens is 1. The highest BCUT2D eigenvalue weighted by atomic mass is 19.1. The van der Waals surface area contributed by atoms with Gasteiger partial charge in [0.25, 0.3) is 5.91 Å². The van der Waals surface area contributed by atoms with Gasteiger partial charge in [-0.15, -0.1) is 0 Å². The van der Waals surface area contributed by atoms with Gasteiger partial charge in [-0.25, -0.2) is 9.18 Å². The highest BCUT2D eigenvalue weighted by molar-refractivity contribution is 5.94. The molecule has 2 unspecified atom stereocenters. The number of aromatic nitrogens is 1. The van der Waals surface area contributed by atoms with Gasteiger partial charge in [-0.2, -0.15) is 0 Å². The number of para-hydroxylation sites is 1. The van der Waals surface area contributed by atoms with Crippen molar-refractivity contribution in [2.75, 3.05) is 18.1 Å². The van der Waals surface area contributed by atoms with Gasteiger partial charge >= 0.3 is 6.09 Å². The second kappa shape index (κ2) is 11.0. The van der Waals surface area contributed by atoms with Crippen LogP contribution in [0.15, 0.2) is 66.7 Å². The van der Waals surface area contributed by atoms with Crippen molar-refractivity contribution in [2.45, 2.75) is 38.8 Å². The average molecular weight is 478 g/mol. The predicted octanol–water partition coefficient (Wildman–Crippen LogP) is 5.07. The molecule has 2 amide bonds. The number of pyridine rings is 1. The number of hydrogen-bond donors (Lipinski definition) is 1. The summed E-state index contributed by atoms with van der Waals surface area (Å²) in [6, 6.07) is 18.0. The number of aryl methyl sites for hydroxylation is 1. The van der Waals surface area contributed by atoms with Gasteiger partial charge in [0.15, 0.2) is 0 Å². The van der Waals surface area contributed by atoms with E-state index in [0.29, 0.717) is 23.5 Å². The summed E-state index contributed by atoms with van der Waals surface area (Å²) in [5.41, 5.74) is 2.54. The number of nitrogens with one attached hydrogen (secondary N) is 1. The molecule has 1 N–H and O–H groups in total. The van der Waals surface area contributed by atoms with Crippen molar-refractivity contribution in [2.24, 2.45) is 0 Å². The molecule has 182 valence electrons. The van der Waals surface area contributed by atoms with Crippen LogP contribution in [0.4, 0.5) is 14.9 Å². The van der Waals surface area contributed by atoms with Crippen LogP contribution >= 0.6 is 0 Å². The van der Waals surface area contributed by atoms with Gasteiger partial charge in [0.2, 0.25) is 0 Å². The lowest BCUT2D eigenvalue weighted by molar-refractivity contribution is 0.0938. The highest BCUT2D eigenvalue weighted by Crippen LogP contribution is 2.28. The Hall–Kier alpha value is -3.94. The number of benzene rings is 2. The molecule has 0 aliphatic carbocycles. The number of anilines is 1. The fourth-order valence-corrected chi connectivity index (χ4v) is 3.88. The first-order valence-electron chi connectivity index (χ1n) is 11.6. The van der Waals surface area contributed by atoms with E-state index >= 15 is 0 Å². The minimum absolute atomic E-state index is 0.123. The van der Waals surface area contributed by atoms with Gasteiger partial charge in [-0.05, 0) is 75.2 Å². The average Bonchev–Trinajstić information content (AvgIpc) is 2.87. The summed E-state index contributed by atoms with van der Waals surface area (Å²) in [4.78, 5) is 31.6. The van der Waals surface area contributed by atoms with E-state index in [1.807, 2.05) is 50.2 Å². The summed E-state index contributed by atoms with van der Waals surface area (Å²) in [6.07, 6.45) is 0.739. The second-order valence-electron chi connectivity index (χ2n) is 8.48. The number of hydrogen-bond acceptors (Lipinski definition) is 5. The summed E-state index contributed by atoms with van der Waals surface area (Å²) in [6.45, 7) is 4.34. The van der Waals surface area contributed by atoms with Crippen molar-refractivity contribution in [1.29, 1.82) is 0 Å². The molecule has 1 aromatic heterocycles. The first-order chi connectivity index (χ1) is 16.9. The molecule has 0 fully saturated rings. The number of nitrogens with zero attached hydrogens (tertiary/aromatic N) is 2. The van der Waals surface area contributed by atoms with Crippen molar-refractivity contribution >= 4 is 17.7 Å². The van der Waals surface area contributed by atoms with Gasteiger partial charge in [0, 0.05) is 12.1 Å². The number of fused-ring (bicyclic) bond motifs is 1. The van der Waals surface area contributed by atoms with Crippen LogP contribution in [0.25, 0.3) is 0 Å². The third-order valence-electron chi connectivity index (χ3n) is 5.70. The molecule has 2 aromatic carbocycles. The lowest BCUT2D eigenvalue weighted by atomic mass is 10.1. The Morgan fingerprint density at radius 3 is 2.54 bits per heavy atom. The van der Waals surface area contributed by atoms with Gasteiger partial charge in [-0.1, -0.05) is 18.2 Å². The topological polar surface area (TPSA) is 80.8 Å². The predicted molar refractivity (Wildman–Crippen MR) is 130 cm³/mol. The van der Waals surface area contributed by atoms with E-state index in [4.69, 9.17) is 14.5 Å². The monoisotopic (exact) mass is 477 g/mol. The fraction of sp³-hybridized carbons (Fsp3) is 0.296. The molecule has 2 atom stereocenters. The van der Waals surface area contributed by atoms with Crippen LogP contribution in [0.2, 0.25) is 0 Å². The normalized spacial score (nSPS) is 14.4. The Bertz CT molecular complexity index is 1170. The Morgan fingerprint density at radius 1 is 1.06 bits per heavy atom. The van der Waals surface area contributed by atoms with Gasteiger partial charge in [-0.3, -0.25) is 14.7 Å². The number of carbonyl (C=O) groups excluding carboxylic acids is 2. The second-order valence-corrected chi connectivity index (χ2v) is 8.48. The van der Waals surface area contributed by atoms with Gasteiger partial charge in [0.1, 0.15) is 24.3 Å². The molecule has 1 aliphatic heterocycles. The molecule has 3 aromatic rings. The summed E-state index contributed by atoms with van der Waals surface area (Å²) in [5.74, 6) is 0.0120. The van der Waals surface area contributed by atoms with Crippen LogP contribution in [0.3, 0.4) is 0 Å². The summed E-state index contributed by atoms with van der Waals surface area (Å²) in [7, 11) is 0. The van der Waals surface area contributed by atoms with Crippen molar-refractivity contribution in [1.82, 2.24) is 10.3 Å². The van der Waals surface area contributed by atoms with Crippen molar-refractivity contribution in [3.63, 3.8) is 0 Å². The lowest BCUT2D eigenvalue weighted by Gasteiger charge is -2.29. The maximum absolute atomic E-state index is 13.1. The Kier molecular flexibility index (Phi) is 7.60. The minimum Gasteiger partial charge on any atom is -0.487 e. The maximum Gasteiger partial charge on any atom is 0.414 e. The molecule has 0 saturated heterocycles. The van der Waals surface area contributed by atoms with Crippen LogP contribution in [0.1, 0.15) is 48.1 Å². The zero-order valence-corrected chi connectivity index (χ0v) is 19.7. The molecule has 1 aliphatic rings. The smallest absolute Gasteiger partial charge is 0.414 e. The highest BCUT2D eigenvalue weighted by Gasteiger charge is 2.26. The standard InChI is InChI=1S/C27H28FN3O4/c1-18(35-22-7-4-3-5-8-22)17-34-27(33)31-16-6-9-24-25(31)15-14-23(30-24)19(2)29-26(32)20-10-12-21(28)13-11-20/h3-5,7-8,10-15,18-19H,6,9,16-17H2,1-2H3,(H,29,32). The van der Waals surface area contributed by atoms with E-state index in [9.17, 15) is 14.0 Å². The van der Waals surface area contributed by atoms with Crippen LogP contribution in [-0.2, 0) is 11.2 Å². The van der Waals surface area contributed by atoms with Crippen LogP contribution in [-0.4, -0.2) is 36.2 Å². The van der Waals surface area contributed by atoms with E-state index in [2.05, 4.69) is 5.32 Å². The largest absolute Gasteiger partial charge is 0.487 e. The molecule has 7 nitrogen and oxygen atoms in total. The van der Waals surface area contributed by atoms with Crippen molar-refractivity contribution < 1.29 is 23.5 Å². The first-order valence-corrected chi connectivity index (χ1v) is 11.6. The number of carbonyl (C=O) groups is 2.